The largest absolute Gasteiger partial charge is 0.347 e. The Labute approximate surface area is 167 Å². The number of amides is 1. The molecule has 0 bridgehead atoms. The molecule has 3 rings (SSSR count). The van der Waals surface area contributed by atoms with Gasteiger partial charge in [0.2, 0.25) is 0 Å². The first kappa shape index (κ1) is 20.0. The van der Waals surface area contributed by atoms with Gasteiger partial charge in [0.05, 0.1) is 6.54 Å². The molecule has 0 aliphatic carbocycles. The van der Waals surface area contributed by atoms with Crippen molar-refractivity contribution < 1.29 is 9.18 Å². The van der Waals surface area contributed by atoms with E-state index in [-0.39, 0.29) is 23.1 Å². The Morgan fingerprint density at radius 3 is 2.46 bits per heavy atom. The maximum atomic E-state index is 13.9. The van der Waals surface area contributed by atoms with E-state index in [1.54, 1.807) is 25.1 Å². The number of carbonyl (C=O) groups excluding carboxylic acids is 1. The number of carbonyl (C=O) groups is 1. The van der Waals surface area contributed by atoms with Gasteiger partial charge in [-0.25, -0.2) is 4.39 Å². The number of aromatic nitrogens is 1. The van der Waals surface area contributed by atoms with Crippen LogP contribution in [0.25, 0.3) is 0 Å². The minimum atomic E-state index is -0.365. The normalized spacial score (nSPS) is 11.0. The van der Waals surface area contributed by atoms with Gasteiger partial charge in [-0.3, -0.25) is 14.2 Å². The lowest BCUT2D eigenvalue weighted by Gasteiger charge is -2.09. The first-order valence-electron chi connectivity index (χ1n) is 9.17. The molecule has 28 heavy (non-hydrogen) atoms. The molecule has 1 heterocycles. The zero-order chi connectivity index (χ0) is 20.3. The second kappa shape index (κ2) is 8.52. The van der Waals surface area contributed by atoms with Gasteiger partial charge >= 0.3 is 4.87 Å². The predicted molar refractivity (Wildman–Crippen MR) is 111 cm³/mol. The van der Waals surface area contributed by atoms with Crippen molar-refractivity contribution in [2.45, 2.75) is 39.8 Å². The molecular formula is C22H23FN2O2S. The van der Waals surface area contributed by atoms with Crippen molar-refractivity contribution in [1.29, 1.82) is 0 Å². The average molecular weight is 399 g/mol. The number of benzene rings is 2. The topological polar surface area (TPSA) is 51.1 Å². The van der Waals surface area contributed by atoms with Crippen LogP contribution in [0.15, 0.2) is 53.3 Å². The van der Waals surface area contributed by atoms with E-state index in [9.17, 15) is 14.0 Å². The van der Waals surface area contributed by atoms with Crippen LogP contribution >= 0.6 is 11.3 Å². The van der Waals surface area contributed by atoms with Crippen molar-refractivity contribution in [1.82, 2.24) is 9.88 Å². The Hall–Kier alpha value is -2.73. The summed E-state index contributed by atoms with van der Waals surface area (Å²) in [7, 11) is 0. The molecule has 1 amide bonds. The highest BCUT2D eigenvalue weighted by Gasteiger charge is 2.18. The van der Waals surface area contributed by atoms with Gasteiger partial charge in [0.15, 0.2) is 0 Å². The van der Waals surface area contributed by atoms with E-state index in [1.807, 2.05) is 12.1 Å². The third kappa shape index (κ3) is 4.39. The Morgan fingerprint density at radius 2 is 1.82 bits per heavy atom. The van der Waals surface area contributed by atoms with Crippen LogP contribution in [0.2, 0.25) is 0 Å². The quantitative estimate of drug-likeness (QED) is 0.667. The van der Waals surface area contributed by atoms with Crippen LogP contribution in [-0.4, -0.2) is 10.5 Å². The third-order valence-corrected chi connectivity index (χ3v) is 5.82. The summed E-state index contributed by atoms with van der Waals surface area (Å²) >= 11 is 0.889. The standard InChI is InChI=1S/C22H23FN2O2S/c1-14(2)17-10-8-16(9-11-17)12-24-21(26)20-15(3)25(22(27)28-20)13-18-6-4-5-7-19(18)23/h4-11,14H,12-13H2,1-3H3,(H,24,26). The van der Waals surface area contributed by atoms with E-state index in [0.717, 1.165) is 16.9 Å². The fourth-order valence-corrected chi connectivity index (χ4v) is 3.86. The molecule has 0 saturated carbocycles. The second-order valence-electron chi connectivity index (χ2n) is 7.04. The van der Waals surface area contributed by atoms with E-state index in [4.69, 9.17) is 0 Å². The Balaban J connectivity index is 1.72. The first-order chi connectivity index (χ1) is 13.4. The number of nitrogens with zero attached hydrogens (tertiary/aromatic N) is 1. The summed E-state index contributed by atoms with van der Waals surface area (Å²) < 4.78 is 15.3. The number of halogens is 1. The van der Waals surface area contributed by atoms with Gasteiger partial charge in [-0.15, -0.1) is 0 Å². The molecule has 0 fully saturated rings. The summed E-state index contributed by atoms with van der Waals surface area (Å²) in [6.45, 7) is 6.47. The minimum absolute atomic E-state index is 0.109. The fraction of sp³-hybridized carbons (Fsp3) is 0.273. The van der Waals surface area contributed by atoms with Crippen LogP contribution in [0.3, 0.4) is 0 Å². The number of hydrogen-bond acceptors (Lipinski definition) is 3. The van der Waals surface area contributed by atoms with E-state index >= 15 is 0 Å². The fourth-order valence-electron chi connectivity index (χ4n) is 2.95. The van der Waals surface area contributed by atoms with Gasteiger partial charge in [0, 0.05) is 17.8 Å². The van der Waals surface area contributed by atoms with Gasteiger partial charge in [-0.2, -0.15) is 0 Å². The summed E-state index contributed by atoms with van der Waals surface area (Å²) in [6.07, 6.45) is 0. The number of nitrogens with one attached hydrogen (secondary N) is 1. The van der Waals surface area contributed by atoms with Gasteiger partial charge in [-0.1, -0.05) is 67.6 Å². The van der Waals surface area contributed by atoms with E-state index < -0.39 is 0 Å². The molecule has 0 spiro atoms. The van der Waals surface area contributed by atoms with Crippen LogP contribution in [0.5, 0.6) is 0 Å². The van der Waals surface area contributed by atoms with Gasteiger partial charge in [0.25, 0.3) is 5.91 Å². The van der Waals surface area contributed by atoms with Crippen LogP contribution in [-0.2, 0) is 13.1 Å². The molecule has 0 unspecified atom stereocenters. The summed E-state index contributed by atoms with van der Waals surface area (Å²) in [5.41, 5.74) is 3.21. The molecule has 1 N–H and O–H groups in total. The molecule has 2 aromatic carbocycles. The van der Waals surface area contributed by atoms with Crippen molar-refractivity contribution in [2.24, 2.45) is 0 Å². The van der Waals surface area contributed by atoms with Crippen LogP contribution in [0.1, 0.15) is 51.8 Å². The second-order valence-corrected chi connectivity index (χ2v) is 8.00. The highest BCUT2D eigenvalue weighted by atomic mass is 32.1. The van der Waals surface area contributed by atoms with Gasteiger partial charge in [0.1, 0.15) is 10.7 Å². The molecule has 0 aliphatic rings. The SMILES string of the molecule is Cc1c(C(=O)NCc2ccc(C(C)C)cc2)sc(=O)n1Cc1ccccc1F. The Morgan fingerprint density at radius 1 is 1.14 bits per heavy atom. The molecule has 0 atom stereocenters. The average Bonchev–Trinajstić information content (AvgIpc) is 2.96. The number of hydrogen-bond donors (Lipinski definition) is 1. The lowest BCUT2D eigenvalue weighted by atomic mass is 10.0. The zero-order valence-corrected chi connectivity index (χ0v) is 17.0. The summed E-state index contributed by atoms with van der Waals surface area (Å²) in [5.74, 6) is -0.201. The molecule has 0 aliphatic heterocycles. The smallest absolute Gasteiger partial charge is 0.308 e. The first-order valence-corrected chi connectivity index (χ1v) is 9.99. The summed E-state index contributed by atoms with van der Waals surface area (Å²) in [5, 5.41) is 2.87. The molecule has 3 aromatic rings. The minimum Gasteiger partial charge on any atom is -0.347 e. The number of rotatable bonds is 6. The monoisotopic (exact) mass is 398 g/mol. The Kier molecular flexibility index (Phi) is 6.09. The molecule has 1 aromatic heterocycles. The van der Waals surface area contributed by atoms with E-state index in [2.05, 4.69) is 31.3 Å². The van der Waals surface area contributed by atoms with Crippen molar-refractivity contribution >= 4 is 17.2 Å². The maximum absolute atomic E-state index is 13.9. The highest BCUT2D eigenvalue weighted by Crippen LogP contribution is 2.17. The van der Waals surface area contributed by atoms with Crippen molar-refractivity contribution in [3.63, 3.8) is 0 Å². The molecular weight excluding hydrogens is 375 g/mol. The van der Waals surface area contributed by atoms with Crippen LogP contribution in [0.4, 0.5) is 4.39 Å². The lowest BCUT2D eigenvalue weighted by molar-refractivity contribution is 0.0954. The highest BCUT2D eigenvalue weighted by molar-refractivity contribution is 7.11. The van der Waals surface area contributed by atoms with Crippen LogP contribution in [0, 0.1) is 12.7 Å². The molecule has 146 valence electrons. The van der Waals surface area contributed by atoms with E-state index in [0.29, 0.717) is 28.6 Å². The lowest BCUT2D eigenvalue weighted by Crippen LogP contribution is -2.23. The number of thiazole rings is 1. The van der Waals surface area contributed by atoms with Gasteiger partial charge < -0.3 is 5.32 Å². The predicted octanol–water partition coefficient (Wildman–Crippen LogP) is 4.46. The molecule has 0 saturated heterocycles. The zero-order valence-electron chi connectivity index (χ0n) is 16.2. The van der Waals surface area contributed by atoms with Gasteiger partial charge in [-0.05, 0) is 30.0 Å². The molecule has 6 heteroatoms. The van der Waals surface area contributed by atoms with Crippen molar-refractivity contribution in [2.75, 3.05) is 0 Å². The van der Waals surface area contributed by atoms with Crippen molar-refractivity contribution in [3.05, 3.63) is 91.3 Å². The summed E-state index contributed by atoms with van der Waals surface area (Å²) in [6, 6.07) is 14.4. The summed E-state index contributed by atoms with van der Waals surface area (Å²) in [4.78, 5) is 25.0. The van der Waals surface area contributed by atoms with E-state index in [1.165, 1.54) is 16.2 Å². The Bertz CT molecular complexity index is 1040. The molecule has 0 radical (unpaired) electrons. The third-order valence-electron chi connectivity index (χ3n) is 4.74. The van der Waals surface area contributed by atoms with Crippen molar-refractivity contribution in [3.8, 4) is 0 Å². The van der Waals surface area contributed by atoms with Crippen LogP contribution < -0.4 is 10.2 Å². The maximum Gasteiger partial charge on any atom is 0.308 e. The molecule has 4 nitrogen and oxygen atoms in total.